The Morgan fingerprint density at radius 1 is 1.16 bits per heavy atom. The molecule has 0 saturated carbocycles. The lowest BCUT2D eigenvalue weighted by atomic mass is 10.0. The van der Waals surface area contributed by atoms with Crippen LogP contribution in [-0.4, -0.2) is 35.0 Å². The lowest BCUT2D eigenvalue weighted by Crippen LogP contribution is -2.38. The van der Waals surface area contributed by atoms with E-state index in [4.69, 9.17) is 9.72 Å². The average molecular weight is 421 g/mol. The number of amides is 2. The molecule has 2 amide bonds. The molecule has 2 heterocycles. The van der Waals surface area contributed by atoms with E-state index in [0.717, 1.165) is 16.9 Å². The minimum absolute atomic E-state index is 0.0755. The second-order valence-electron chi connectivity index (χ2n) is 8.33. The highest BCUT2D eigenvalue weighted by Crippen LogP contribution is 2.33. The molecule has 162 valence electrons. The summed E-state index contributed by atoms with van der Waals surface area (Å²) < 4.78 is 7.42. The fourth-order valence-electron chi connectivity index (χ4n) is 4.21. The molecule has 1 N–H and O–H groups in total. The largest absolute Gasteiger partial charge is 0.495 e. The van der Waals surface area contributed by atoms with Gasteiger partial charge in [-0.15, -0.1) is 0 Å². The summed E-state index contributed by atoms with van der Waals surface area (Å²) in [6.07, 6.45) is 0.178. The second kappa shape index (κ2) is 8.41. The summed E-state index contributed by atoms with van der Waals surface area (Å²) in [6, 6.07) is 15.1. The number of para-hydroxylation sites is 4. The van der Waals surface area contributed by atoms with Crippen LogP contribution in [0.5, 0.6) is 5.75 Å². The molecule has 7 heteroatoms. The fraction of sp³-hybridized carbons (Fsp3) is 0.375. The van der Waals surface area contributed by atoms with Crippen molar-refractivity contribution in [3.63, 3.8) is 0 Å². The number of methoxy groups -OCH3 is 1. The van der Waals surface area contributed by atoms with E-state index >= 15 is 0 Å². The van der Waals surface area contributed by atoms with Gasteiger partial charge in [0, 0.05) is 20.0 Å². The van der Waals surface area contributed by atoms with Crippen molar-refractivity contribution in [1.29, 1.82) is 0 Å². The molecule has 2 aromatic carbocycles. The first-order valence-corrected chi connectivity index (χ1v) is 10.6. The van der Waals surface area contributed by atoms with Gasteiger partial charge in [0.2, 0.25) is 11.8 Å². The maximum Gasteiger partial charge on any atom is 0.227 e. The van der Waals surface area contributed by atoms with Crippen molar-refractivity contribution >= 4 is 28.5 Å². The number of nitrogens with one attached hydrogen (secondary N) is 1. The fourth-order valence-corrected chi connectivity index (χ4v) is 4.21. The van der Waals surface area contributed by atoms with Gasteiger partial charge in [-0.2, -0.15) is 0 Å². The highest BCUT2D eigenvalue weighted by molar-refractivity contribution is 6.01. The number of ether oxygens (including phenoxy) is 1. The van der Waals surface area contributed by atoms with Crippen molar-refractivity contribution in [3.8, 4) is 5.75 Å². The molecule has 1 aromatic heterocycles. The number of aromatic nitrogens is 2. The predicted molar refractivity (Wildman–Crippen MR) is 120 cm³/mol. The Morgan fingerprint density at radius 3 is 2.58 bits per heavy atom. The number of carbonyl (C=O) groups is 2. The van der Waals surface area contributed by atoms with Gasteiger partial charge in [-0.25, -0.2) is 4.98 Å². The number of benzene rings is 2. The summed E-state index contributed by atoms with van der Waals surface area (Å²) in [5.74, 6) is 0.951. The number of carbonyl (C=O) groups excluding carboxylic acids is 2. The maximum absolute atomic E-state index is 13.2. The van der Waals surface area contributed by atoms with Crippen LogP contribution in [0.3, 0.4) is 0 Å². The zero-order valence-electron chi connectivity index (χ0n) is 18.3. The molecule has 0 radical (unpaired) electrons. The van der Waals surface area contributed by atoms with E-state index in [1.54, 1.807) is 12.0 Å². The molecule has 2 atom stereocenters. The van der Waals surface area contributed by atoms with E-state index in [0.29, 0.717) is 18.0 Å². The normalized spacial score (nSPS) is 17.4. The van der Waals surface area contributed by atoms with Crippen LogP contribution in [0.15, 0.2) is 48.5 Å². The summed E-state index contributed by atoms with van der Waals surface area (Å²) in [5, 5.41) is 3.17. The van der Waals surface area contributed by atoms with Gasteiger partial charge in [0.1, 0.15) is 11.6 Å². The summed E-state index contributed by atoms with van der Waals surface area (Å²) in [6.45, 7) is 4.45. The Kier molecular flexibility index (Phi) is 5.67. The Hall–Kier alpha value is -3.35. The lowest BCUT2D eigenvalue weighted by molar-refractivity contribution is -0.127. The van der Waals surface area contributed by atoms with Gasteiger partial charge >= 0.3 is 0 Å². The summed E-state index contributed by atoms with van der Waals surface area (Å²) in [4.78, 5) is 32.3. The number of imidazole rings is 1. The van der Waals surface area contributed by atoms with E-state index in [9.17, 15) is 9.59 Å². The first-order valence-electron chi connectivity index (χ1n) is 10.6. The molecule has 31 heavy (non-hydrogen) atoms. The predicted octanol–water partition coefficient (Wildman–Crippen LogP) is 3.45. The van der Waals surface area contributed by atoms with Crippen LogP contribution in [0, 0.1) is 11.8 Å². The SMILES string of the molecule is COc1ccccc1N1CC(C(=O)N[C@H](c2nc3ccccc3n2C)C(C)C)CC1=O. The summed E-state index contributed by atoms with van der Waals surface area (Å²) in [5.41, 5.74) is 2.62. The third-order valence-electron chi connectivity index (χ3n) is 5.94. The highest BCUT2D eigenvalue weighted by atomic mass is 16.5. The summed E-state index contributed by atoms with van der Waals surface area (Å²) >= 11 is 0. The molecule has 0 aliphatic carbocycles. The van der Waals surface area contributed by atoms with Gasteiger partial charge in [0.05, 0.1) is 35.8 Å². The number of aryl methyl sites for hydroxylation is 1. The maximum atomic E-state index is 13.2. The van der Waals surface area contributed by atoms with Crippen LogP contribution < -0.4 is 15.0 Å². The molecular weight excluding hydrogens is 392 g/mol. The molecule has 7 nitrogen and oxygen atoms in total. The Labute approximate surface area is 182 Å². The zero-order chi connectivity index (χ0) is 22.1. The van der Waals surface area contributed by atoms with Crippen molar-refractivity contribution < 1.29 is 14.3 Å². The standard InChI is InChI=1S/C24H28N4O3/c1-15(2)22(23-25-17-9-5-6-10-18(17)27(23)3)26-24(30)16-13-21(29)28(14-16)19-11-7-8-12-20(19)31-4/h5-12,15-16,22H,13-14H2,1-4H3,(H,26,30)/t16?,22-/m0/s1. The van der Waals surface area contributed by atoms with E-state index in [-0.39, 0.29) is 30.2 Å². The molecular formula is C24H28N4O3. The van der Waals surface area contributed by atoms with E-state index < -0.39 is 5.92 Å². The van der Waals surface area contributed by atoms with Crippen molar-refractivity contribution in [1.82, 2.24) is 14.9 Å². The Balaban J connectivity index is 1.55. The van der Waals surface area contributed by atoms with Crippen LogP contribution in [0.2, 0.25) is 0 Å². The second-order valence-corrected chi connectivity index (χ2v) is 8.33. The number of nitrogens with zero attached hydrogens (tertiary/aromatic N) is 3. The average Bonchev–Trinajstić information content (AvgIpc) is 3.32. The molecule has 1 fully saturated rings. The van der Waals surface area contributed by atoms with Gasteiger partial charge in [-0.3, -0.25) is 9.59 Å². The minimum Gasteiger partial charge on any atom is -0.495 e. The van der Waals surface area contributed by atoms with Crippen LogP contribution in [0.4, 0.5) is 5.69 Å². The number of hydrogen-bond donors (Lipinski definition) is 1. The Morgan fingerprint density at radius 2 is 1.87 bits per heavy atom. The van der Waals surface area contributed by atoms with Crippen molar-refractivity contribution in [2.45, 2.75) is 26.3 Å². The molecule has 1 unspecified atom stereocenters. The number of anilines is 1. The number of rotatable bonds is 6. The van der Waals surface area contributed by atoms with Gasteiger partial charge in [0.25, 0.3) is 0 Å². The molecule has 1 aliphatic rings. The van der Waals surface area contributed by atoms with Crippen LogP contribution in [-0.2, 0) is 16.6 Å². The van der Waals surface area contributed by atoms with Crippen LogP contribution in [0.1, 0.15) is 32.1 Å². The third-order valence-corrected chi connectivity index (χ3v) is 5.94. The van der Waals surface area contributed by atoms with E-state index in [1.165, 1.54) is 0 Å². The van der Waals surface area contributed by atoms with Gasteiger partial charge in [-0.1, -0.05) is 38.1 Å². The smallest absolute Gasteiger partial charge is 0.227 e. The molecule has 4 rings (SSSR count). The van der Waals surface area contributed by atoms with Crippen LogP contribution in [0.25, 0.3) is 11.0 Å². The molecule has 0 spiro atoms. The minimum atomic E-state index is -0.423. The molecule has 3 aromatic rings. The van der Waals surface area contributed by atoms with E-state index in [1.807, 2.05) is 60.1 Å². The molecule has 1 aliphatic heterocycles. The zero-order valence-corrected chi connectivity index (χ0v) is 18.3. The van der Waals surface area contributed by atoms with Gasteiger partial charge in [0.15, 0.2) is 0 Å². The first kappa shape index (κ1) is 20.9. The van der Waals surface area contributed by atoms with Gasteiger partial charge in [-0.05, 0) is 30.2 Å². The van der Waals surface area contributed by atoms with Crippen LogP contribution >= 0.6 is 0 Å². The topological polar surface area (TPSA) is 76.5 Å². The van der Waals surface area contributed by atoms with E-state index in [2.05, 4.69) is 19.2 Å². The monoisotopic (exact) mass is 420 g/mol. The molecule has 1 saturated heterocycles. The number of hydrogen-bond acceptors (Lipinski definition) is 4. The van der Waals surface area contributed by atoms with Gasteiger partial charge < -0.3 is 19.5 Å². The quantitative estimate of drug-likeness (QED) is 0.663. The van der Waals surface area contributed by atoms with Crippen molar-refractivity contribution in [3.05, 3.63) is 54.4 Å². The van der Waals surface area contributed by atoms with Crippen molar-refractivity contribution in [2.24, 2.45) is 18.9 Å². The van der Waals surface area contributed by atoms with Crippen molar-refractivity contribution in [2.75, 3.05) is 18.6 Å². The summed E-state index contributed by atoms with van der Waals surface area (Å²) in [7, 11) is 3.54. The highest BCUT2D eigenvalue weighted by Gasteiger charge is 2.37. The lowest BCUT2D eigenvalue weighted by Gasteiger charge is -2.24. The first-order chi connectivity index (χ1) is 14.9. The number of fused-ring (bicyclic) bond motifs is 1. The Bertz CT molecular complexity index is 1120. The molecule has 0 bridgehead atoms. The third kappa shape index (κ3) is 3.87.